The maximum atomic E-state index is 14.3. The maximum absolute atomic E-state index is 14.3. The molecule has 0 heterocycles. The van der Waals surface area contributed by atoms with Gasteiger partial charge >= 0.3 is 5.97 Å². The van der Waals surface area contributed by atoms with E-state index in [0.717, 1.165) is 17.6 Å². The highest BCUT2D eigenvalue weighted by molar-refractivity contribution is 6.74. The molecule has 0 saturated heterocycles. The predicted octanol–water partition coefficient (Wildman–Crippen LogP) is 6.61. The molecule has 1 N–H and O–H groups in total. The van der Waals surface area contributed by atoms with Gasteiger partial charge in [0.1, 0.15) is 17.5 Å². The van der Waals surface area contributed by atoms with E-state index in [0.29, 0.717) is 17.7 Å². The van der Waals surface area contributed by atoms with E-state index >= 15 is 0 Å². The molecule has 2 bridgehead atoms. The molecule has 0 amide bonds. The standard InChI is InChI=1S/C33H46O6Si/c1-20-23-17-26(34)32-18-22(32)15-16-24(37-7)27(32)28(38-29(35)21-13-11-10-12-14-21)33(36,31(23,5)6)19-25(20)39-40(8,9)30(2,3)4/h10-14,16,22,25,27-28,36H,15,17-19H2,1-9H3/t22-,25+,27-,28+,32+,33-/m1/s1. The number of esters is 1. The summed E-state index contributed by atoms with van der Waals surface area (Å²) in [5.41, 5.74) is -0.683. The fourth-order valence-corrected chi connectivity index (χ4v) is 8.79. The van der Waals surface area contributed by atoms with Crippen molar-refractivity contribution < 1.29 is 28.6 Å². The van der Waals surface area contributed by atoms with Gasteiger partial charge in [0.25, 0.3) is 0 Å². The minimum atomic E-state index is -2.25. The number of allylic oxidation sites excluding steroid dienone is 1. The quantitative estimate of drug-likeness (QED) is 0.245. The van der Waals surface area contributed by atoms with Crippen molar-refractivity contribution in [3.8, 4) is 0 Å². The monoisotopic (exact) mass is 566 g/mol. The maximum Gasteiger partial charge on any atom is 0.338 e. The molecular formula is C33H46O6Si. The first-order valence-corrected chi connectivity index (χ1v) is 17.6. The van der Waals surface area contributed by atoms with Gasteiger partial charge in [0, 0.05) is 23.7 Å². The molecule has 7 heteroatoms. The van der Waals surface area contributed by atoms with Crippen molar-refractivity contribution in [1.82, 2.24) is 0 Å². The van der Waals surface area contributed by atoms with Crippen molar-refractivity contribution >= 4 is 20.1 Å². The average molecular weight is 567 g/mol. The molecule has 2 fully saturated rings. The van der Waals surface area contributed by atoms with Crippen LogP contribution in [0.2, 0.25) is 18.1 Å². The highest BCUT2D eigenvalue weighted by Gasteiger charge is 2.74. The Kier molecular flexibility index (Phi) is 6.88. The Morgan fingerprint density at radius 1 is 1.10 bits per heavy atom. The van der Waals surface area contributed by atoms with Crippen LogP contribution in [-0.4, -0.2) is 50.1 Å². The summed E-state index contributed by atoms with van der Waals surface area (Å²) in [6, 6.07) is 8.88. The van der Waals surface area contributed by atoms with E-state index in [4.69, 9.17) is 13.9 Å². The molecule has 0 aromatic heterocycles. The van der Waals surface area contributed by atoms with Crippen LogP contribution in [0, 0.1) is 22.7 Å². The second kappa shape index (κ2) is 9.40. The Morgan fingerprint density at radius 2 is 1.75 bits per heavy atom. The normalized spacial score (nSPS) is 35.0. The lowest BCUT2D eigenvalue weighted by molar-refractivity contribution is -0.192. The molecule has 4 aliphatic carbocycles. The number of benzene rings is 1. The summed E-state index contributed by atoms with van der Waals surface area (Å²) in [7, 11) is -0.642. The van der Waals surface area contributed by atoms with E-state index in [1.54, 1.807) is 31.4 Å². The SMILES string of the molecule is COC1=CC[C@@H]2C[C@@]23C(=O)CC2=C(C)[C@@H](O[Si](C)(C)C(C)(C)C)C[C@@](O)([C@@H](OC(=O)c4ccccc4)[C@@H]13)C2(C)C. The first-order valence-electron chi connectivity index (χ1n) is 14.6. The number of carbonyl (C=O) groups excluding carboxylic acids is 2. The summed E-state index contributed by atoms with van der Waals surface area (Å²) < 4.78 is 19.3. The molecule has 0 unspecified atom stereocenters. The van der Waals surface area contributed by atoms with Crippen LogP contribution in [0.5, 0.6) is 0 Å². The number of rotatable bonds is 5. The zero-order chi connectivity index (χ0) is 29.5. The van der Waals surface area contributed by atoms with Crippen LogP contribution in [0.1, 0.15) is 77.6 Å². The molecule has 6 atom stereocenters. The number of fused-ring (bicyclic) bond motifs is 2. The highest BCUT2D eigenvalue weighted by atomic mass is 28.4. The summed E-state index contributed by atoms with van der Waals surface area (Å²) in [5.74, 6) is -0.121. The molecule has 1 aromatic carbocycles. The van der Waals surface area contributed by atoms with Crippen molar-refractivity contribution in [1.29, 1.82) is 0 Å². The second-order valence-corrected chi connectivity index (χ2v) is 19.3. The molecule has 0 aliphatic heterocycles. The van der Waals surface area contributed by atoms with Gasteiger partial charge in [-0.05, 0) is 67.6 Å². The van der Waals surface area contributed by atoms with Gasteiger partial charge in [0.05, 0.1) is 30.5 Å². The van der Waals surface area contributed by atoms with Crippen molar-refractivity contribution in [3.05, 3.63) is 58.9 Å². The van der Waals surface area contributed by atoms with Crippen molar-refractivity contribution in [2.24, 2.45) is 22.7 Å². The lowest BCUT2D eigenvalue weighted by atomic mass is 9.52. The fraction of sp³-hybridized carbons (Fsp3) is 0.636. The zero-order valence-corrected chi connectivity index (χ0v) is 26.6. The lowest BCUT2D eigenvalue weighted by Gasteiger charge is -2.58. The zero-order valence-electron chi connectivity index (χ0n) is 25.6. The Balaban J connectivity index is 1.70. The Morgan fingerprint density at radius 3 is 2.35 bits per heavy atom. The molecule has 5 rings (SSSR count). The van der Waals surface area contributed by atoms with Gasteiger partial charge in [-0.15, -0.1) is 0 Å². The van der Waals surface area contributed by atoms with Crippen LogP contribution in [0.3, 0.4) is 0 Å². The molecule has 0 radical (unpaired) electrons. The van der Waals surface area contributed by atoms with Crippen LogP contribution in [0.25, 0.3) is 0 Å². The van der Waals surface area contributed by atoms with Crippen LogP contribution >= 0.6 is 0 Å². The van der Waals surface area contributed by atoms with Gasteiger partial charge in [-0.25, -0.2) is 4.79 Å². The van der Waals surface area contributed by atoms with Crippen LogP contribution in [0.4, 0.5) is 0 Å². The summed E-state index contributed by atoms with van der Waals surface area (Å²) in [6.07, 6.45) is 2.66. The molecule has 40 heavy (non-hydrogen) atoms. The minimum absolute atomic E-state index is 0.0365. The number of Topliss-reactive ketones (excluding diaryl/α,β-unsaturated/α-hetero) is 1. The summed E-state index contributed by atoms with van der Waals surface area (Å²) in [5, 5.41) is 13.0. The van der Waals surface area contributed by atoms with Crippen molar-refractivity contribution in [2.45, 2.75) is 103 Å². The Bertz CT molecular complexity index is 1270. The largest absolute Gasteiger partial charge is 0.501 e. The average Bonchev–Trinajstić information content (AvgIpc) is 3.63. The van der Waals surface area contributed by atoms with Gasteiger partial charge < -0.3 is 19.0 Å². The minimum Gasteiger partial charge on any atom is -0.501 e. The number of hydrogen-bond acceptors (Lipinski definition) is 6. The Labute approximate surface area is 240 Å². The van der Waals surface area contributed by atoms with Gasteiger partial charge in [-0.1, -0.05) is 58.4 Å². The number of ether oxygens (including phenoxy) is 2. The topological polar surface area (TPSA) is 82.1 Å². The Hall–Kier alpha value is -2.22. The van der Waals surface area contributed by atoms with Crippen molar-refractivity contribution in [2.75, 3.05) is 7.11 Å². The van der Waals surface area contributed by atoms with E-state index in [1.807, 2.05) is 26.0 Å². The molecule has 1 spiro atoms. The van der Waals surface area contributed by atoms with Crippen LogP contribution in [0.15, 0.2) is 53.3 Å². The molecule has 1 aromatic rings. The number of hydrogen-bond donors (Lipinski definition) is 1. The third kappa shape index (κ3) is 4.18. The molecular weight excluding hydrogens is 520 g/mol. The summed E-state index contributed by atoms with van der Waals surface area (Å²) >= 11 is 0. The molecule has 2 saturated carbocycles. The van der Waals surface area contributed by atoms with E-state index in [9.17, 15) is 14.7 Å². The van der Waals surface area contributed by atoms with Crippen LogP contribution < -0.4 is 0 Å². The number of methoxy groups -OCH3 is 1. The lowest BCUT2D eigenvalue weighted by Crippen LogP contribution is -2.66. The van der Waals surface area contributed by atoms with Gasteiger partial charge in [-0.2, -0.15) is 0 Å². The molecule has 218 valence electrons. The van der Waals surface area contributed by atoms with Gasteiger partial charge in [0.15, 0.2) is 8.32 Å². The summed E-state index contributed by atoms with van der Waals surface area (Å²) in [6.45, 7) is 17.1. The van der Waals surface area contributed by atoms with Gasteiger partial charge in [0.2, 0.25) is 0 Å². The third-order valence-corrected chi connectivity index (χ3v) is 15.7. The highest BCUT2D eigenvalue weighted by Crippen LogP contribution is 2.70. The first kappa shape index (κ1) is 29.3. The third-order valence-electron chi connectivity index (χ3n) is 11.3. The predicted molar refractivity (Wildman–Crippen MR) is 157 cm³/mol. The van der Waals surface area contributed by atoms with E-state index in [2.05, 4.69) is 40.8 Å². The molecule has 6 nitrogen and oxygen atoms in total. The van der Waals surface area contributed by atoms with Crippen LogP contribution in [-0.2, 0) is 18.7 Å². The van der Waals surface area contributed by atoms with E-state index < -0.39 is 42.7 Å². The number of carbonyl (C=O) groups is 2. The van der Waals surface area contributed by atoms with E-state index in [-0.39, 0.29) is 35.7 Å². The second-order valence-electron chi connectivity index (χ2n) is 14.5. The molecule has 4 aliphatic rings. The first-order chi connectivity index (χ1) is 18.5. The smallest absolute Gasteiger partial charge is 0.338 e. The van der Waals surface area contributed by atoms with Gasteiger partial charge in [-0.3, -0.25) is 4.79 Å². The van der Waals surface area contributed by atoms with Crippen molar-refractivity contribution in [3.63, 3.8) is 0 Å². The fourth-order valence-electron chi connectivity index (χ4n) is 7.47. The number of aliphatic hydroxyl groups is 1. The van der Waals surface area contributed by atoms with E-state index in [1.165, 1.54) is 0 Å². The summed E-state index contributed by atoms with van der Waals surface area (Å²) in [4.78, 5) is 28.0. The number of ketones is 1.